The van der Waals surface area contributed by atoms with Gasteiger partial charge in [0, 0.05) is 6.42 Å². The third-order valence-corrected chi connectivity index (χ3v) is 5.64. The van der Waals surface area contributed by atoms with Gasteiger partial charge >= 0.3 is 5.97 Å². The van der Waals surface area contributed by atoms with Crippen molar-refractivity contribution in [3.05, 3.63) is 35.9 Å². The molecule has 0 fully saturated rings. The Kier molecular flexibility index (Phi) is 13.2. The summed E-state index contributed by atoms with van der Waals surface area (Å²) in [6, 6.07) is 5.31. The second kappa shape index (κ2) is 15.2. The number of carbonyl (C=O) groups is 4. The molecule has 9 nitrogen and oxygen atoms in total. The van der Waals surface area contributed by atoms with Crippen molar-refractivity contribution in [1.29, 1.82) is 0 Å². The van der Waals surface area contributed by atoms with Crippen molar-refractivity contribution < 1.29 is 24.3 Å². The van der Waals surface area contributed by atoms with Gasteiger partial charge in [0.15, 0.2) is 0 Å². The first-order valence-corrected chi connectivity index (χ1v) is 12.7. The van der Waals surface area contributed by atoms with Crippen molar-refractivity contribution in [2.45, 2.75) is 91.4 Å². The number of carbonyl (C=O) groups excluding carboxylic acids is 3. The van der Waals surface area contributed by atoms with Crippen molar-refractivity contribution in [3.8, 4) is 0 Å². The number of nitrogens with one attached hydrogen (secondary N) is 3. The lowest BCUT2D eigenvalue weighted by Crippen LogP contribution is -2.57. The van der Waals surface area contributed by atoms with Gasteiger partial charge in [-0.3, -0.25) is 14.4 Å². The maximum atomic E-state index is 13.2. The highest BCUT2D eigenvalue weighted by Crippen LogP contribution is 2.11. The van der Waals surface area contributed by atoms with Crippen molar-refractivity contribution in [2.24, 2.45) is 23.5 Å². The quantitative estimate of drug-likeness (QED) is 0.247. The van der Waals surface area contributed by atoms with Gasteiger partial charge in [0.05, 0.1) is 6.04 Å². The van der Waals surface area contributed by atoms with Gasteiger partial charge in [-0.2, -0.15) is 0 Å². The standard InChI is InChI=1S/C27H44N4O5/c1-16(2)12-20(28)24(32)29-21(13-17(3)4)25(33)30-22(14-18(5)6)26(34)31-23(27(35)36)15-19-10-8-7-9-11-19/h7-11,16-18,20-23H,12-15,28H2,1-6H3,(H,29,32)(H,30,33)(H,31,34)(H,35,36)/t20-,21-,22-,23-/m0/s1. The molecule has 0 aliphatic rings. The Morgan fingerprint density at radius 1 is 0.694 bits per heavy atom. The molecule has 6 N–H and O–H groups in total. The molecule has 0 heterocycles. The third kappa shape index (κ3) is 11.7. The fourth-order valence-electron chi connectivity index (χ4n) is 3.89. The predicted octanol–water partition coefficient (Wildman–Crippen LogP) is 2.23. The molecule has 1 aromatic rings. The summed E-state index contributed by atoms with van der Waals surface area (Å²) in [5.41, 5.74) is 6.77. The Labute approximate surface area is 215 Å². The molecule has 1 rings (SSSR count). The first kappa shape index (κ1) is 31.1. The number of benzene rings is 1. The molecule has 0 unspecified atom stereocenters. The van der Waals surface area contributed by atoms with Gasteiger partial charge < -0.3 is 26.8 Å². The zero-order valence-electron chi connectivity index (χ0n) is 22.4. The van der Waals surface area contributed by atoms with Gasteiger partial charge in [-0.15, -0.1) is 0 Å². The summed E-state index contributed by atoms with van der Waals surface area (Å²) in [5.74, 6) is -2.27. The topological polar surface area (TPSA) is 151 Å². The maximum Gasteiger partial charge on any atom is 0.326 e. The number of hydrogen-bond donors (Lipinski definition) is 5. The molecule has 202 valence electrons. The number of carboxylic acid groups (broad SMARTS) is 1. The summed E-state index contributed by atoms with van der Waals surface area (Å²) < 4.78 is 0. The smallest absolute Gasteiger partial charge is 0.326 e. The Morgan fingerprint density at radius 3 is 1.53 bits per heavy atom. The average molecular weight is 505 g/mol. The highest BCUT2D eigenvalue weighted by molar-refractivity contribution is 5.94. The molecule has 0 saturated carbocycles. The molecule has 0 aromatic heterocycles. The van der Waals surface area contributed by atoms with E-state index in [1.165, 1.54) is 0 Å². The molecule has 36 heavy (non-hydrogen) atoms. The Morgan fingerprint density at radius 2 is 1.11 bits per heavy atom. The SMILES string of the molecule is CC(C)C[C@H](NC(=O)[C@H](CC(C)C)NC(=O)[C@@H](N)CC(C)C)C(=O)N[C@@H](Cc1ccccc1)C(=O)O. The van der Waals surface area contributed by atoms with Gasteiger partial charge in [-0.25, -0.2) is 4.79 Å². The number of aliphatic carboxylic acids is 1. The summed E-state index contributed by atoms with van der Waals surface area (Å²) in [4.78, 5) is 50.8. The van der Waals surface area contributed by atoms with E-state index in [2.05, 4.69) is 16.0 Å². The van der Waals surface area contributed by atoms with Crippen molar-refractivity contribution in [2.75, 3.05) is 0 Å². The molecule has 1 aromatic carbocycles. The van der Waals surface area contributed by atoms with Crippen molar-refractivity contribution >= 4 is 23.7 Å². The number of nitrogens with two attached hydrogens (primary N) is 1. The number of hydrogen-bond acceptors (Lipinski definition) is 5. The lowest BCUT2D eigenvalue weighted by Gasteiger charge is -2.27. The summed E-state index contributed by atoms with van der Waals surface area (Å²) in [7, 11) is 0. The minimum absolute atomic E-state index is 0.0519. The number of carboxylic acids is 1. The molecule has 0 aliphatic carbocycles. The molecule has 4 atom stereocenters. The Hall–Kier alpha value is -2.94. The fraction of sp³-hybridized carbons (Fsp3) is 0.630. The van der Waals surface area contributed by atoms with Gasteiger partial charge in [0.25, 0.3) is 0 Å². The molecule has 9 heteroatoms. The fourth-order valence-corrected chi connectivity index (χ4v) is 3.89. The largest absolute Gasteiger partial charge is 0.480 e. The summed E-state index contributed by atoms with van der Waals surface area (Å²) in [6.07, 6.45) is 1.28. The molecular formula is C27H44N4O5. The van der Waals surface area contributed by atoms with Crippen LogP contribution in [0, 0.1) is 17.8 Å². The van der Waals surface area contributed by atoms with Crippen LogP contribution in [0.5, 0.6) is 0 Å². The Bertz CT molecular complexity index is 857. The van der Waals surface area contributed by atoms with Crippen LogP contribution in [0.25, 0.3) is 0 Å². The maximum absolute atomic E-state index is 13.2. The summed E-state index contributed by atoms with van der Waals surface area (Å²) in [5, 5.41) is 17.7. The monoisotopic (exact) mass is 504 g/mol. The van der Waals surface area contributed by atoms with Crippen LogP contribution in [0.15, 0.2) is 30.3 Å². The summed E-state index contributed by atoms with van der Waals surface area (Å²) >= 11 is 0. The van der Waals surface area contributed by atoms with Crippen LogP contribution in [0.4, 0.5) is 0 Å². The van der Waals surface area contributed by atoms with E-state index in [4.69, 9.17) is 5.73 Å². The van der Waals surface area contributed by atoms with E-state index in [-0.39, 0.29) is 24.2 Å². The molecule has 0 bridgehead atoms. The zero-order valence-corrected chi connectivity index (χ0v) is 22.4. The summed E-state index contributed by atoms with van der Waals surface area (Å²) in [6.45, 7) is 11.6. The van der Waals surface area contributed by atoms with Crippen LogP contribution in [-0.2, 0) is 25.6 Å². The third-order valence-electron chi connectivity index (χ3n) is 5.64. The normalized spacial score (nSPS) is 14.7. The lowest BCUT2D eigenvalue weighted by atomic mass is 9.98. The van der Waals surface area contributed by atoms with Crippen LogP contribution in [-0.4, -0.2) is 53.0 Å². The first-order valence-electron chi connectivity index (χ1n) is 12.7. The highest BCUT2D eigenvalue weighted by atomic mass is 16.4. The van der Waals surface area contributed by atoms with E-state index in [9.17, 15) is 24.3 Å². The van der Waals surface area contributed by atoms with E-state index in [0.717, 1.165) is 5.56 Å². The minimum atomic E-state index is -1.16. The van der Waals surface area contributed by atoms with Gasteiger partial charge in [-0.1, -0.05) is 71.9 Å². The van der Waals surface area contributed by atoms with E-state index in [1.54, 1.807) is 24.3 Å². The van der Waals surface area contributed by atoms with Crippen LogP contribution >= 0.6 is 0 Å². The number of rotatable bonds is 15. The second-order valence-electron chi connectivity index (χ2n) is 10.7. The molecule has 3 amide bonds. The van der Waals surface area contributed by atoms with Crippen LogP contribution in [0.2, 0.25) is 0 Å². The molecule has 0 aliphatic heterocycles. The lowest BCUT2D eigenvalue weighted by molar-refractivity contribution is -0.142. The van der Waals surface area contributed by atoms with E-state index >= 15 is 0 Å². The Balaban J connectivity index is 2.99. The van der Waals surface area contributed by atoms with Crippen LogP contribution < -0.4 is 21.7 Å². The van der Waals surface area contributed by atoms with Crippen LogP contribution in [0.3, 0.4) is 0 Å². The van der Waals surface area contributed by atoms with Crippen molar-refractivity contribution in [1.82, 2.24) is 16.0 Å². The molecular weight excluding hydrogens is 460 g/mol. The van der Waals surface area contributed by atoms with Gasteiger partial charge in [-0.05, 0) is 42.6 Å². The van der Waals surface area contributed by atoms with E-state index in [1.807, 2.05) is 47.6 Å². The van der Waals surface area contributed by atoms with E-state index < -0.39 is 47.9 Å². The predicted molar refractivity (Wildman–Crippen MR) is 140 cm³/mol. The minimum Gasteiger partial charge on any atom is -0.480 e. The molecule has 0 radical (unpaired) electrons. The van der Waals surface area contributed by atoms with E-state index in [0.29, 0.717) is 19.3 Å². The first-order chi connectivity index (χ1) is 16.8. The van der Waals surface area contributed by atoms with Gasteiger partial charge in [0.2, 0.25) is 17.7 Å². The highest BCUT2D eigenvalue weighted by Gasteiger charge is 2.31. The second-order valence-corrected chi connectivity index (χ2v) is 10.7. The van der Waals surface area contributed by atoms with Crippen molar-refractivity contribution in [3.63, 3.8) is 0 Å². The zero-order chi connectivity index (χ0) is 27.4. The molecule has 0 spiro atoms. The van der Waals surface area contributed by atoms with Crippen LogP contribution in [0.1, 0.15) is 66.4 Å². The average Bonchev–Trinajstić information content (AvgIpc) is 2.77. The molecule has 0 saturated heterocycles. The van der Waals surface area contributed by atoms with Gasteiger partial charge in [0.1, 0.15) is 18.1 Å². The number of amides is 3.